The molecular weight excluding hydrogens is 188 g/mol. The zero-order valence-corrected chi connectivity index (χ0v) is 9.19. The SMILES string of the molecule is CC(=O)n1c(C)nc2c1C=CC(C)C=C2. The highest BCUT2D eigenvalue weighted by atomic mass is 16.1. The van der Waals surface area contributed by atoms with Crippen LogP contribution in [-0.4, -0.2) is 15.5 Å². The van der Waals surface area contributed by atoms with Crippen LogP contribution >= 0.6 is 0 Å². The molecule has 1 aliphatic carbocycles. The van der Waals surface area contributed by atoms with Gasteiger partial charge in [0.25, 0.3) is 0 Å². The molecule has 1 aliphatic rings. The molecule has 0 N–H and O–H groups in total. The normalized spacial score (nSPS) is 18.7. The second-order valence-electron chi connectivity index (χ2n) is 3.86. The minimum atomic E-state index is 0.00820. The van der Waals surface area contributed by atoms with Crippen LogP contribution in [0.5, 0.6) is 0 Å². The maximum atomic E-state index is 11.5. The fourth-order valence-corrected chi connectivity index (χ4v) is 1.80. The van der Waals surface area contributed by atoms with Gasteiger partial charge in [-0.3, -0.25) is 9.36 Å². The summed E-state index contributed by atoms with van der Waals surface area (Å²) < 4.78 is 1.65. The van der Waals surface area contributed by atoms with Crippen molar-refractivity contribution >= 4 is 18.1 Å². The first kappa shape index (κ1) is 9.90. The number of carbonyl (C=O) groups excluding carboxylic acids is 1. The van der Waals surface area contributed by atoms with E-state index in [1.54, 1.807) is 11.5 Å². The summed E-state index contributed by atoms with van der Waals surface area (Å²) >= 11 is 0. The molecule has 0 bridgehead atoms. The molecule has 2 rings (SSSR count). The molecule has 0 amide bonds. The van der Waals surface area contributed by atoms with Crippen LogP contribution in [0.2, 0.25) is 0 Å². The van der Waals surface area contributed by atoms with E-state index >= 15 is 0 Å². The summed E-state index contributed by atoms with van der Waals surface area (Å²) in [6.45, 7) is 5.51. The van der Waals surface area contributed by atoms with Crippen molar-refractivity contribution < 1.29 is 4.79 Å². The molecule has 15 heavy (non-hydrogen) atoms. The first-order valence-electron chi connectivity index (χ1n) is 5.06. The molecule has 3 nitrogen and oxygen atoms in total. The quantitative estimate of drug-likeness (QED) is 0.648. The molecule has 0 aromatic carbocycles. The Morgan fingerprint density at radius 1 is 1.40 bits per heavy atom. The summed E-state index contributed by atoms with van der Waals surface area (Å²) in [5.41, 5.74) is 1.77. The summed E-state index contributed by atoms with van der Waals surface area (Å²) in [7, 11) is 0. The Morgan fingerprint density at radius 2 is 2.07 bits per heavy atom. The van der Waals surface area contributed by atoms with Gasteiger partial charge >= 0.3 is 0 Å². The Hall–Kier alpha value is -1.64. The van der Waals surface area contributed by atoms with E-state index in [9.17, 15) is 4.79 Å². The highest BCUT2D eigenvalue weighted by Crippen LogP contribution is 2.20. The number of aryl methyl sites for hydroxylation is 1. The number of aromatic nitrogens is 2. The average molecular weight is 202 g/mol. The molecule has 1 aromatic heterocycles. The van der Waals surface area contributed by atoms with Crippen LogP contribution in [0.3, 0.4) is 0 Å². The number of imidazole rings is 1. The maximum absolute atomic E-state index is 11.5. The maximum Gasteiger partial charge on any atom is 0.229 e. The van der Waals surface area contributed by atoms with Gasteiger partial charge in [-0.05, 0) is 25.0 Å². The zero-order valence-electron chi connectivity index (χ0n) is 9.19. The third kappa shape index (κ3) is 1.65. The largest absolute Gasteiger partial charge is 0.274 e. The molecule has 1 aromatic rings. The van der Waals surface area contributed by atoms with Gasteiger partial charge in [0, 0.05) is 6.92 Å². The molecule has 0 spiro atoms. The highest BCUT2D eigenvalue weighted by molar-refractivity contribution is 5.82. The highest BCUT2D eigenvalue weighted by Gasteiger charge is 2.15. The van der Waals surface area contributed by atoms with E-state index in [4.69, 9.17) is 0 Å². The van der Waals surface area contributed by atoms with Gasteiger partial charge in [0.05, 0.1) is 11.4 Å². The number of rotatable bonds is 0. The van der Waals surface area contributed by atoms with Gasteiger partial charge in [0.15, 0.2) is 0 Å². The lowest BCUT2D eigenvalue weighted by atomic mass is 10.2. The summed E-state index contributed by atoms with van der Waals surface area (Å²) in [5, 5.41) is 0. The van der Waals surface area contributed by atoms with Crippen molar-refractivity contribution in [2.45, 2.75) is 20.8 Å². The molecule has 1 unspecified atom stereocenters. The van der Waals surface area contributed by atoms with E-state index in [-0.39, 0.29) is 5.91 Å². The van der Waals surface area contributed by atoms with E-state index in [0.717, 1.165) is 17.2 Å². The zero-order chi connectivity index (χ0) is 11.0. The van der Waals surface area contributed by atoms with Gasteiger partial charge in [-0.25, -0.2) is 4.98 Å². The molecule has 1 heterocycles. The number of hydrogen-bond donors (Lipinski definition) is 0. The van der Waals surface area contributed by atoms with Crippen LogP contribution in [0.25, 0.3) is 12.2 Å². The van der Waals surface area contributed by atoms with Crippen molar-refractivity contribution in [3.63, 3.8) is 0 Å². The Balaban J connectivity index is 2.63. The van der Waals surface area contributed by atoms with Crippen molar-refractivity contribution in [1.82, 2.24) is 9.55 Å². The monoisotopic (exact) mass is 202 g/mol. The molecular formula is C12H14N2O. The van der Waals surface area contributed by atoms with Gasteiger partial charge in [0.1, 0.15) is 5.82 Å². The predicted molar refractivity (Wildman–Crippen MR) is 60.5 cm³/mol. The van der Waals surface area contributed by atoms with Crippen molar-refractivity contribution in [2.75, 3.05) is 0 Å². The molecule has 0 saturated carbocycles. The van der Waals surface area contributed by atoms with Crippen LogP contribution in [0, 0.1) is 12.8 Å². The van der Waals surface area contributed by atoms with Crippen molar-refractivity contribution in [3.8, 4) is 0 Å². The van der Waals surface area contributed by atoms with Crippen LogP contribution in [-0.2, 0) is 0 Å². The average Bonchev–Trinajstić information content (AvgIpc) is 2.38. The smallest absolute Gasteiger partial charge is 0.229 e. The van der Waals surface area contributed by atoms with Crippen LogP contribution in [0.1, 0.15) is 35.9 Å². The lowest BCUT2D eigenvalue weighted by Crippen LogP contribution is -2.09. The Labute approximate surface area is 89.1 Å². The standard InChI is InChI=1S/C12H14N2O/c1-8-4-6-11-12(7-5-8)14(10(3)15)9(2)13-11/h4-8H,1-3H3. The Morgan fingerprint density at radius 3 is 2.73 bits per heavy atom. The van der Waals surface area contributed by atoms with Gasteiger partial charge in [-0.2, -0.15) is 0 Å². The molecule has 0 radical (unpaired) electrons. The number of fused-ring (bicyclic) bond motifs is 1. The second kappa shape index (κ2) is 3.50. The Kier molecular flexibility index (Phi) is 2.31. The minimum Gasteiger partial charge on any atom is -0.274 e. The molecule has 1 atom stereocenters. The van der Waals surface area contributed by atoms with Gasteiger partial charge in [-0.15, -0.1) is 0 Å². The van der Waals surface area contributed by atoms with Gasteiger partial charge < -0.3 is 0 Å². The van der Waals surface area contributed by atoms with Crippen molar-refractivity contribution in [3.05, 3.63) is 29.4 Å². The van der Waals surface area contributed by atoms with E-state index in [0.29, 0.717) is 5.92 Å². The fourth-order valence-electron chi connectivity index (χ4n) is 1.80. The second-order valence-corrected chi connectivity index (χ2v) is 3.86. The fraction of sp³-hybridized carbons (Fsp3) is 0.333. The van der Waals surface area contributed by atoms with Crippen LogP contribution in [0.4, 0.5) is 0 Å². The van der Waals surface area contributed by atoms with Crippen LogP contribution in [0.15, 0.2) is 12.2 Å². The van der Waals surface area contributed by atoms with Crippen molar-refractivity contribution in [2.24, 2.45) is 5.92 Å². The summed E-state index contributed by atoms with van der Waals surface area (Å²) in [4.78, 5) is 15.8. The molecule has 3 heteroatoms. The summed E-state index contributed by atoms with van der Waals surface area (Å²) in [6, 6.07) is 0. The summed E-state index contributed by atoms with van der Waals surface area (Å²) in [5.74, 6) is 1.14. The molecule has 0 saturated heterocycles. The van der Waals surface area contributed by atoms with Crippen LogP contribution < -0.4 is 0 Å². The van der Waals surface area contributed by atoms with E-state index in [1.165, 1.54) is 0 Å². The lowest BCUT2D eigenvalue weighted by Gasteiger charge is -2.01. The van der Waals surface area contributed by atoms with E-state index in [1.807, 2.05) is 19.1 Å². The number of allylic oxidation sites excluding steroid dienone is 2. The number of hydrogen-bond acceptors (Lipinski definition) is 2. The van der Waals surface area contributed by atoms with Crippen molar-refractivity contribution in [1.29, 1.82) is 0 Å². The third-order valence-corrected chi connectivity index (χ3v) is 2.54. The number of carbonyl (C=O) groups is 1. The number of nitrogens with zero attached hydrogens (tertiary/aromatic N) is 2. The molecule has 0 aliphatic heterocycles. The molecule has 0 fully saturated rings. The van der Waals surface area contributed by atoms with E-state index < -0.39 is 0 Å². The van der Waals surface area contributed by atoms with Gasteiger partial charge in [-0.1, -0.05) is 19.1 Å². The van der Waals surface area contributed by atoms with E-state index in [2.05, 4.69) is 24.1 Å². The lowest BCUT2D eigenvalue weighted by molar-refractivity contribution is 0.0933. The van der Waals surface area contributed by atoms with Gasteiger partial charge in [0.2, 0.25) is 5.91 Å². The first-order valence-corrected chi connectivity index (χ1v) is 5.06. The minimum absolute atomic E-state index is 0.00820. The topological polar surface area (TPSA) is 34.9 Å². The molecule has 78 valence electrons. The first-order chi connectivity index (χ1) is 7.09. The summed E-state index contributed by atoms with van der Waals surface area (Å²) in [6.07, 6.45) is 8.11. The third-order valence-electron chi connectivity index (χ3n) is 2.54. The Bertz CT molecular complexity index is 466. The predicted octanol–water partition coefficient (Wildman–Crippen LogP) is 2.53.